The van der Waals surface area contributed by atoms with E-state index in [0.717, 1.165) is 5.56 Å². The van der Waals surface area contributed by atoms with Crippen LogP contribution in [-0.4, -0.2) is 16.3 Å². The molecule has 0 saturated heterocycles. The molecule has 140 valence electrons. The summed E-state index contributed by atoms with van der Waals surface area (Å²) < 4.78 is 40.5. The van der Waals surface area contributed by atoms with Crippen molar-refractivity contribution >= 4 is 11.8 Å². The van der Waals surface area contributed by atoms with Crippen molar-refractivity contribution in [2.75, 3.05) is 0 Å². The first-order valence-corrected chi connectivity index (χ1v) is 8.68. The van der Waals surface area contributed by atoms with Gasteiger partial charge in [-0.15, -0.1) is 13.2 Å². The molecule has 0 aliphatic heterocycles. The Hall–Kier alpha value is -2.24. The molecule has 0 aliphatic rings. The summed E-state index contributed by atoms with van der Waals surface area (Å²) in [5, 5.41) is 3.53. The van der Waals surface area contributed by atoms with Gasteiger partial charge < -0.3 is 10.5 Å². The largest absolute Gasteiger partial charge is 0.573 e. The number of hydrogen-bond donors (Lipinski definition) is 1. The highest BCUT2D eigenvalue weighted by Crippen LogP contribution is 2.30. The van der Waals surface area contributed by atoms with Crippen molar-refractivity contribution in [2.45, 2.75) is 45.6 Å². The minimum absolute atomic E-state index is 0.148. The monoisotopic (exact) mass is 383 g/mol. The topological polar surface area (TPSA) is 61.0 Å². The summed E-state index contributed by atoms with van der Waals surface area (Å²) in [5.41, 5.74) is 7.65. The van der Waals surface area contributed by atoms with Gasteiger partial charge in [0.05, 0.1) is 12.2 Å². The average molecular weight is 383 g/mol. The number of alkyl halides is 3. The van der Waals surface area contributed by atoms with Crippen molar-refractivity contribution in [3.63, 3.8) is 0 Å². The predicted molar refractivity (Wildman–Crippen MR) is 97.4 cm³/mol. The number of thioether (sulfide) groups is 1. The summed E-state index contributed by atoms with van der Waals surface area (Å²) in [6.45, 7) is 7.69. The molecule has 4 nitrogen and oxygen atoms in total. The second-order valence-electron chi connectivity index (χ2n) is 4.65. The van der Waals surface area contributed by atoms with Crippen molar-refractivity contribution < 1.29 is 17.9 Å². The molecule has 1 heterocycles. The lowest BCUT2D eigenvalue weighted by molar-refractivity contribution is -0.274. The van der Waals surface area contributed by atoms with Gasteiger partial charge in [0.2, 0.25) is 0 Å². The number of benzene rings is 1. The molecule has 0 spiro atoms. The Labute approximate surface area is 155 Å². The SMILES string of the molecule is CC.CC#CSc1nc(CN)nc(-c2ccc(OC(F)(F)F)cc2)c1C. The summed E-state index contributed by atoms with van der Waals surface area (Å²) >= 11 is 1.26. The molecule has 0 unspecified atom stereocenters. The lowest BCUT2D eigenvalue weighted by Gasteiger charge is -2.12. The van der Waals surface area contributed by atoms with Crippen molar-refractivity contribution in [3.8, 4) is 28.2 Å². The van der Waals surface area contributed by atoms with Crippen LogP contribution in [-0.2, 0) is 6.54 Å². The van der Waals surface area contributed by atoms with E-state index in [4.69, 9.17) is 5.73 Å². The third-order valence-corrected chi connectivity index (χ3v) is 3.84. The maximum absolute atomic E-state index is 12.2. The molecule has 1 aromatic heterocycles. The summed E-state index contributed by atoms with van der Waals surface area (Å²) in [7, 11) is 0. The molecule has 0 atom stereocenters. The molecule has 0 amide bonds. The van der Waals surface area contributed by atoms with Crippen LogP contribution in [0, 0.1) is 18.1 Å². The maximum Gasteiger partial charge on any atom is 0.573 e. The molecule has 0 fully saturated rings. The molecule has 0 aliphatic carbocycles. The van der Waals surface area contributed by atoms with E-state index in [2.05, 4.69) is 25.9 Å². The van der Waals surface area contributed by atoms with Gasteiger partial charge in [-0.2, -0.15) is 0 Å². The lowest BCUT2D eigenvalue weighted by Crippen LogP contribution is -2.17. The van der Waals surface area contributed by atoms with Gasteiger partial charge in [0.1, 0.15) is 16.6 Å². The fourth-order valence-electron chi connectivity index (χ4n) is 1.93. The molecule has 0 bridgehead atoms. The van der Waals surface area contributed by atoms with Gasteiger partial charge in [-0.3, -0.25) is 0 Å². The fourth-order valence-corrected chi connectivity index (χ4v) is 2.53. The van der Waals surface area contributed by atoms with E-state index in [1.807, 2.05) is 20.8 Å². The third kappa shape index (κ3) is 6.24. The van der Waals surface area contributed by atoms with Crippen LogP contribution in [0.25, 0.3) is 11.3 Å². The standard InChI is InChI=1S/C16H14F3N3OS.C2H6/c1-3-8-24-15-10(2)14(21-13(9-20)22-15)11-4-6-12(7-5-11)23-16(17,18)19;1-2/h4-7H,9,20H2,1-2H3;1-2H3. The van der Waals surface area contributed by atoms with Crippen molar-refractivity contribution in [1.29, 1.82) is 0 Å². The number of nitrogens with zero attached hydrogens (tertiary/aromatic N) is 2. The molecule has 1 aromatic carbocycles. The normalized spacial score (nSPS) is 10.3. The summed E-state index contributed by atoms with van der Waals surface area (Å²) in [5.74, 6) is 2.92. The smallest absolute Gasteiger partial charge is 0.406 e. The Morgan fingerprint density at radius 2 is 1.77 bits per heavy atom. The fraction of sp³-hybridized carbons (Fsp3) is 0.333. The van der Waals surface area contributed by atoms with Gasteiger partial charge in [-0.1, -0.05) is 19.8 Å². The average Bonchev–Trinajstić information content (AvgIpc) is 2.62. The molecular formula is C18H20F3N3OS. The van der Waals surface area contributed by atoms with E-state index in [9.17, 15) is 13.2 Å². The zero-order valence-corrected chi connectivity index (χ0v) is 15.8. The van der Waals surface area contributed by atoms with Crippen LogP contribution in [0.1, 0.15) is 32.2 Å². The Bertz CT molecular complexity index is 781. The van der Waals surface area contributed by atoms with Crippen LogP contribution in [0.15, 0.2) is 29.3 Å². The molecule has 8 heteroatoms. The molecule has 2 aromatic rings. The van der Waals surface area contributed by atoms with Crippen LogP contribution < -0.4 is 10.5 Å². The van der Waals surface area contributed by atoms with Crippen molar-refractivity contribution in [3.05, 3.63) is 35.7 Å². The van der Waals surface area contributed by atoms with Crippen LogP contribution in [0.2, 0.25) is 0 Å². The Morgan fingerprint density at radius 1 is 1.15 bits per heavy atom. The molecule has 0 radical (unpaired) electrons. The summed E-state index contributed by atoms with van der Waals surface area (Å²) in [6, 6.07) is 5.50. The number of ether oxygens (including phenoxy) is 1. The zero-order chi connectivity index (χ0) is 19.7. The second kappa shape index (κ2) is 10.0. The van der Waals surface area contributed by atoms with E-state index in [1.165, 1.54) is 36.0 Å². The third-order valence-electron chi connectivity index (χ3n) is 2.94. The molecule has 0 saturated carbocycles. The molecular weight excluding hydrogens is 363 g/mol. The molecule has 2 rings (SSSR count). The minimum atomic E-state index is -4.72. The molecule has 2 N–H and O–H groups in total. The van der Waals surface area contributed by atoms with Crippen LogP contribution >= 0.6 is 11.8 Å². The van der Waals surface area contributed by atoms with Crippen LogP contribution in [0.4, 0.5) is 13.2 Å². The highest BCUT2D eigenvalue weighted by atomic mass is 32.2. The van der Waals surface area contributed by atoms with E-state index < -0.39 is 6.36 Å². The van der Waals surface area contributed by atoms with Gasteiger partial charge in [-0.25, -0.2) is 9.97 Å². The lowest BCUT2D eigenvalue weighted by atomic mass is 10.1. The number of nitrogens with two attached hydrogens (primary N) is 1. The van der Waals surface area contributed by atoms with Gasteiger partial charge >= 0.3 is 6.36 Å². The number of hydrogen-bond acceptors (Lipinski definition) is 5. The van der Waals surface area contributed by atoms with Crippen molar-refractivity contribution in [1.82, 2.24) is 9.97 Å². The quantitative estimate of drug-likeness (QED) is 0.462. The highest BCUT2D eigenvalue weighted by Gasteiger charge is 2.31. The Morgan fingerprint density at radius 3 is 2.27 bits per heavy atom. The van der Waals surface area contributed by atoms with E-state index in [0.29, 0.717) is 22.1 Å². The number of aromatic nitrogens is 2. The van der Waals surface area contributed by atoms with Crippen molar-refractivity contribution in [2.24, 2.45) is 5.73 Å². The Kier molecular flexibility index (Phi) is 8.42. The number of rotatable bonds is 4. The van der Waals surface area contributed by atoms with E-state index in [-0.39, 0.29) is 12.3 Å². The van der Waals surface area contributed by atoms with E-state index >= 15 is 0 Å². The van der Waals surface area contributed by atoms with Crippen LogP contribution in [0.3, 0.4) is 0 Å². The molecule has 26 heavy (non-hydrogen) atoms. The van der Waals surface area contributed by atoms with Gasteiger partial charge in [0, 0.05) is 11.1 Å². The number of halogens is 3. The van der Waals surface area contributed by atoms with Gasteiger partial charge in [0.25, 0.3) is 0 Å². The summed E-state index contributed by atoms with van der Waals surface area (Å²) in [4.78, 5) is 8.70. The van der Waals surface area contributed by atoms with Crippen LogP contribution in [0.5, 0.6) is 5.75 Å². The first kappa shape index (κ1) is 21.8. The maximum atomic E-state index is 12.2. The first-order valence-electron chi connectivity index (χ1n) is 7.86. The second-order valence-corrected chi connectivity index (χ2v) is 5.44. The highest BCUT2D eigenvalue weighted by molar-refractivity contribution is 8.03. The minimum Gasteiger partial charge on any atom is -0.406 e. The van der Waals surface area contributed by atoms with Gasteiger partial charge in [0.15, 0.2) is 0 Å². The zero-order valence-electron chi connectivity index (χ0n) is 14.9. The van der Waals surface area contributed by atoms with E-state index in [1.54, 1.807) is 6.92 Å². The Balaban J connectivity index is 0.00000163. The predicted octanol–water partition coefficient (Wildman–Crippen LogP) is 4.91. The first-order chi connectivity index (χ1) is 12.3. The van der Waals surface area contributed by atoms with Gasteiger partial charge in [-0.05, 0) is 55.1 Å². The summed E-state index contributed by atoms with van der Waals surface area (Å²) in [6.07, 6.45) is -4.72.